The summed E-state index contributed by atoms with van der Waals surface area (Å²) in [6.07, 6.45) is 0.636. The average Bonchev–Trinajstić information content (AvgIpc) is 3.30. The van der Waals surface area contributed by atoms with Crippen molar-refractivity contribution in [1.82, 2.24) is 18.0 Å². The highest BCUT2D eigenvalue weighted by atomic mass is 32.2. The van der Waals surface area contributed by atoms with E-state index in [9.17, 15) is 8.42 Å². The first-order valence-corrected chi connectivity index (χ1v) is 10.6. The van der Waals surface area contributed by atoms with Gasteiger partial charge in [-0.1, -0.05) is 6.07 Å². The van der Waals surface area contributed by atoms with Crippen LogP contribution >= 0.6 is 11.7 Å². The van der Waals surface area contributed by atoms with Gasteiger partial charge in [0.2, 0.25) is 10.0 Å². The first-order valence-electron chi connectivity index (χ1n) is 8.47. The van der Waals surface area contributed by atoms with Crippen molar-refractivity contribution >= 4 is 43.7 Å². The second kappa shape index (κ2) is 6.01. The summed E-state index contributed by atoms with van der Waals surface area (Å²) in [5.41, 5.74) is 4.12. The first kappa shape index (κ1) is 16.7. The zero-order valence-electron chi connectivity index (χ0n) is 14.5. The summed E-state index contributed by atoms with van der Waals surface area (Å²) in [4.78, 5) is 3.62. The Morgan fingerprint density at radius 1 is 1.22 bits per heavy atom. The number of benzene rings is 2. The third-order valence-electron chi connectivity index (χ3n) is 5.01. The summed E-state index contributed by atoms with van der Waals surface area (Å²) in [5, 5.41) is 0.998. The molecule has 2 aromatic carbocycles. The minimum absolute atomic E-state index is 0.217. The van der Waals surface area contributed by atoms with Gasteiger partial charge in [0.25, 0.3) is 0 Å². The summed E-state index contributed by atoms with van der Waals surface area (Å²) >= 11 is 1.02. The van der Waals surface area contributed by atoms with Crippen LogP contribution in [0.15, 0.2) is 41.3 Å². The molecule has 9 heteroatoms. The molecule has 0 spiro atoms. The molecule has 0 saturated carbocycles. The number of methoxy groups -OCH3 is 1. The number of H-pyrrole nitrogens is 1. The summed E-state index contributed by atoms with van der Waals surface area (Å²) in [6, 6.07) is 10.9. The van der Waals surface area contributed by atoms with E-state index in [0.717, 1.165) is 39.6 Å². The van der Waals surface area contributed by atoms with Gasteiger partial charge in [-0.2, -0.15) is 13.1 Å². The van der Waals surface area contributed by atoms with Crippen LogP contribution < -0.4 is 4.74 Å². The van der Waals surface area contributed by atoms with Crippen LogP contribution in [-0.4, -0.2) is 40.1 Å². The molecule has 0 bridgehead atoms. The van der Waals surface area contributed by atoms with Crippen LogP contribution in [-0.2, 0) is 23.0 Å². The molecule has 7 nitrogen and oxygen atoms in total. The number of aromatic amines is 1. The molecular weight excluding hydrogens is 384 g/mol. The van der Waals surface area contributed by atoms with Gasteiger partial charge in [-0.25, -0.2) is 8.42 Å². The second-order valence-corrected chi connectivity index (χ2v) is 8.91. The normalized spacial score (nSPS) is 15.3. The van der Waals surface area contributed by atoms with Gasteiger partial charge in [0, 0.05) is 36.1 Å². The molecule has 0 fully saturated rings. The van der Waals surface area contributed by atoms with Gasteiger partial charge in [0.15, 0.2) is 0 Å². The molecule has 0 aliphatic carbocycles. The maximum atomic E-state index is 13.3. The highest BCUT2D eigenvalue weighted by Crippen LogP contribution is 2.33. The molecule has 4 aromatic rings. The van der Waals surface area contributed by atoms with Crippen molar-refractivity contribution in [3.63, 3.8) is 0 Å². The van der Waals surface area contributed by atoms with Crippen molar-refractivity contribution < 1.29 is 13.2 Å². The van der Waals surface area contributed by atoms with E-state index in [4.69, 9.17) is 4.74 Å². The molecule has 0 amide bonds. The first-order chi connectivity index (χ1) is 13.1. The summed E-state index contributed by atoms with van der Waals surface area (Å²) < 4.78 is 41.8. The number of nitrogens with zero attached hydrogens (tertiary/aromatic N) is 3. The van der Waals surface area contributed by atoms with E-state index >= 15 is 0 Å². The Morgan fingerprint density at radius 3 is 2.96 bits per heavy atom. The van der Waals surface area contributed by atoms with Crippen LogP contribution in [0.1, 0.15) is 11.3 Å². The maximum absolute atomic E-state index is 13.3. The quantitative estimate of drug-likeness (QED) is 0.571. The van der Waals surface area contributed by atoms with Gasteiger partial charge < -0.3 is 9.72 Å². The lowest BCUT2D eigenvalue weighted by molar-refractivity contribution is 0.391. The van der Waals surface area contributed by atoms with Crippen LogP contribution in [0.25, 0.3) is 21.9 Å². The summed E-state index contributed by atoms with van der Waals surface area (Å²) in [5.74, 6) is 0.752. The van der Waals surface area contributed by atoms with E-state index in [2.05, 4.69) is 13.7 Å². The minimum Gasteiger partial charge on any atom is -0.497 e. The molecule has 1 aliphatic heterocycles. The smallest absolute Gasteiger partial charge is 0.245 e. The molecule has 27 heavy (non-hydrogen) atoms. The lowest BCUT2D eigenvalue weighted by Gasteiger charge is -2.26. The van der Waals surface area contributed by atoms with Crippen molar-refractivity contribution in [1.29, 1.82) is 0 Å². The van der Waals surface area contributed by atoms with E-state index in [0.29, 0.717) is 30.5 Å². The molecular formula is C18H16N4O3S2. The molecule has 5 rings (SSSR count). The Bertz CT molecular complexity index is 1280. The fourth-order valence-corrected chi connectivity index (χ4v) is 5.79. The number of aromatic nitrogens is 3. The SMILES string of the molecule is COc1ccc2[nH]c3c(c2c1)CN(S(=O)(=O)c1cccc2nsnc12)CC3. The summed E-state index contributed by atoms with van der Waals surface area (Å²) in [6.45, 7) is 0.742. The van der Waals surface area contributed by atoms with Crippen molar-refractivity contribution in [2.45, 2.75) is 17.9 Å². The molecule has 1 aliphatic rings. The lowest BCUT2D eigenvalue weighted by Crippen LogP contribution is -2.35. The number of sulfonamides is 1. The van der Waals surface area contributed by atoms with Crippen molar-refractivity contribution in [3.8, 4) is 5.75 Å². The van der Waals surface area contributed by atoms with Gasteiger partial charge in [-0.15, -0.1) is 0 Å². The standard InChI is InChI=1S/C18H16N4O3S2/c1-25-11-5-6-14-12(9-11)13-10-22(8-7-15(13)19-14)27(23,24)17-4-2-3-16-18(17)21-26-20-16/h2-6,9,19H,7-8,10H2,1H3. The van der Waals surface area contributed by atoms with E-state index < -0.39 is 10.0 Å². The van der Waals surface area contributed by atoms with Crippen LogP contribution in [0.5, 0.6) is 5.75 Å². The van der Waals surface area contributed by atoms with E-state index in [-0.39, 0.29) is 4.90 Å². The van der Waals surface area contributed by atoms with Crippen molar-refractivity contribution in [2.75, 3.05) is 13.7 Å². The minimum atomic E-state index is -3.67. The predicted octanol–water partition coefficient (Wildman–Crippen LogP) is 2.93. The Morgan fingerprint density at radius 2 is 2.11 bits per heavy atom. The molecule has 1 N–H and O–H groups in total. The third-order valence-corrected chi connectivity index (χ3v) is 7.43. The predicted molar refractivity (Wildman–Crippen MR) is 104 cm³/mol. The average molecular weight is 400 g/mol. The Kier molecular flexibility index (Phi) is 3.71. The molecule has 138 valence electrons. The van der Waals surface area contributed by atoms with Gasteiger partial charge in [-0.3, -0.25) is 0 Å². The molecule has 3 heterocycles. The van der Waals surface area contributed by atoms with Crippen LogP contribution in [0.4, 0.5) is 0 Å². The van der Waals surface area contributed by atoms with Crippen LogP contribution in [0.3, 0.4) is 0 Å². The topological polar surface area (TPSA) is 88.2 Å². The monoisotopic (exact) mass is 400 g/mol. The fourth-order valence-electron chi connectivity index (χ4n) is 3.63. The number of fused-ring (bicyclic) bond motifs is 4. The Labute approximate surface area is 160 Å². The third kappa shape index (κ3) is 2.53. The zero-order valence-corrected chi connectivity index (χ0v) is 16.1. The number of hydrogen-bond donors (Lipinski definition) is 1. The van der Waals surface area contributed by atoms with E-state index in [1.807, 2.05) is 18.2 Å². The highest BCUT2D eigenvalue weighted by Gasteiger charge is 2.32. The number of rotatable bonds is 3. The Balaban J connectivity index is 1.59. The second-order valence-electron chi connectivity index (χ2n) is 6.47. The van der Waals surface area contributed by atoms with Gasteiger partial charge in [-0.05, 0) is 35.9 Å². The highest BCUT2D eigenvalue weighted by molar-refractivity contribution is 7.89. The molecule has 0 atom stereocenters. The molecule has 2 aromatic heterocycles. The number of ether oxygens (including phenoxy) is 1. The fraction of sp³-hybridized carbons (Fsp3) is 0.222. The van der Waals surface area contributed by atoms with Crippen molar-refractivity contribution in [3.05, 3.63) is 47.7 Å². The van der Waals surface area contributed by atoms with Crippen LogP contribution in [0.2, 0.25) is 0 Å². The van der Waals surface area contributed by atoms with Gasteiger partial charge in [0.1, 0.15) is 21.7 Å². The number of nitrogens with one attached hydrogen (secondary N) is 1. The largest absolute Gasteiger partial charge is 0.497 e. The lowest BCUT2D eigenvalue weighted by atomic mass is 10.1. The molecule has 0 unspecified atom stereocenters. The maximum Gasteiger partial charge on any atom is 0.245 e. The zero-order chi connectivity index (χ0) is 18.6. The van der Waals surface area contributed by atoms with E-state index in [1.54, 1.807) is 25.3 Å². The number of hydrogen-bond acceptors (Lipinski definition) is 6. The van der Waals surface area contributed by atoms with E-state index in [1.165, 1.54) is 4.31 Å². The Hall–Kier alpha value is -2.49. The van der Waals surface area contributed by atoms with Gasteiger partial charge in [0.05, 0.1) is 18.8 Å². The van der Waals surface area contributed by atoms with Crippen molar-refractivity contribution in [2.24, 2.45) is 0 Å². The molecule has 0 radical (unpaired) electrons. The molecule has 0 saturated heterocycles. The van der Waals surface area contributed by atoms with Crippen LogP contribution in [0, 0.1) is 0 Å². The van der Waals surface area contributed by atoms with Gasteiger partial charge >= 0.3 is 0 Å². The summed E-state index contributed by atoms with van der Waals surface area (Å²) in [7, 11) is -2.05.